The zero-order valence-corrected chi connectivity index (χ0v) is 12.7. The van der Waals surface area contributed by atoms with Crippen molar-refractivity contribution >= 4 is 5.91 Å². The minimum absolute atomic E-state index is 0.174. The van der Waals surface area contributed by atoms with Crippen LogP contribution in [0.5, 0.6) is 0 Å². The third-order valence-corrected chi connectivity index (χ3v) is 4.83. The maximum absolute atomic E-state index is 12.6. The molecule has 3 nitrogen and oxygen atoms in total. The standard InChI is InChI=1S/C17H26N2O/c1-3-17(4-2)9-11-19(13-17)16(20)15-7-5-6-14(12-15)8-10-18/h5-7,12H,3-4,8-11,13,18H2,1-2H3. The summed E-state index contributed by atoms with van der Waals surface area (Å²) in [5.41, 5.74) is 7.88. The molecule has 2 rings (SSSR count). The molecule has 0 radical (unpaired) electrons. The molecule has 0 spiro atoms. The van der Waals surface area contributed by atoms with E-state index in [1.807, 2.05) is 29.2 Å². The fourth-order valence-corrected chi connectivity index (χ4v) is 3.14. The number of nitrogens with two attached hydrogens (primary N) is 1. The minimum Gasteiger partial charge on any atom is -0.338 e. The van der Waals surface area contributed by atoms with E-state index in [1.165, 1.54) is 0 Å². The normalized spacial score (nSPS) is 17.4. The van der Waals surface area contributed by atoms with Crippen LogP contribution < -0.4 is 5.73 Å². The number of benzene rings is 1. The fraction of sp³-hybridized carbons (Fsp3) is 0.588. The number of likely N-dealkylation sites (tertiary alicyclic amines) is 1. The highest BCUT2D eigenvalue weighted by Gasteiger charge is 2.37. The van der Waals surface area contributed by atoms with Crippen LogP contribution in [0.1, 0.15) is 49.0 Å². The van der Waals surface area contributed by atoms with Gasteiger partial charge in [0.1, 0.15) is 0 Å². The average molecular weight is 274 g/mol. The SMILES string of the molecule is CCC1(CC)CCN(C(=O)c2cccc(CCN)c2)C1. The summed E-state index contributed by atoms with van der Waals surface area (Å²) in [6.45, 7) is 6.89. The molecule has 1 fully saturated rings. The van der Waals surface area contributed by atoms with Gasteiger partial charge in [-0.1, -0.05) is 26.0 Å². The maximum Gasteiger partial charge on any atom is 0.253 e. The van der Waals surface area contributed by atoms with Crippen LogP contribution in [0.2, 0.25) is 0 Å². The van der Waals surface area contributed by atoms with Crippen LogP contribution in [-0.2, 0) is 6.42 Å². The van der Waals surface area contributed by atoms with Gasteiger partial charge < -0.3 is 10.6 Å². The number of carbonyl (C=O) groups is 1. The molecular formula is C17H26N2O. The lowest BCUT2D eigenvalue weighted by atomic mass is 9.82. The van der Waals surface area contributed by atoms with Crippen LogP contribution in [0.4, 0.5) is 0 Å². The number of hydrogen-bond donors (Lipinski definition) is 1. The van der Waals surface area contributed by atoms with Crippen molar-refractivity contribution in [2.24, 2.45) is 11.1 Å². The molecule has 2 N–H and O–H groups in total. The summed E-state index contributed by atoms with van der Waals surface area (Å²) in [4.78, 5) is 14.6. The second-order valence-electron chi connectivity index (χ2n) is 5.92. The molecule has 0 aliphatic carbocycles. The van der Waals surface area contributed by atoms with E-state index >= 15 is 0 Å². The predicted octanol–water partition coefficient (Wildman–Crippen LogP) is 2.84. The van der Waals surface area contributed by atoms with E-state index < -0.39 is 0 Å². The van der Waals surface area contributed by atoms with Gasteiger partial charge in [0.25, 0.3) is 5.91 Å². The van der Waals surface area contributed by atoms with Gasteiger partial charge in [0.2, 0.25) is 0 Å². The van der Waals surface area contributed by atoms with Crippen LogP contribution >= 0.6 is 0 Å². The van der Waals surface area contributed by atoms with Crippen LogP contribution in [0.15, 0.2) is 24.3 Å². The second-order valence-corrected chi connectivity index (χ2v) is 5.92. The zero-order chi connectivity index (χ0) is 14.6. The Kier molecular flexibility index (Phi) is 4.81. The summed E-state index contributed by atoms with van der Waals surface area (Å²) in [5.74, 6) is 0.174. The summed E-state index contributed by atoms with van der Waals surface area (Å²) in [6, 6.07) is 7.91. The molecule has 1 amide bonds. The van der Waals surface area contributed by atoms with E-state index in [-0.39, 0.29) is 5.91 Å². The van der Waals surface area contributed by atoms with Gasteiger partial charge in [0.05, 0.1) is 0 Å². The molecule has 0 atom stereocenters. The number of nitrogens with zero attached hydrogens (tertiary/aromatic N) is 1. The first-order valence-electron chi connectivity index (χ1n) is 7.72. The number of carbonyl (C=O) groups excluding carboxylic acids is 1. The van der Waals surface area contributed by atoms with Gasteiger partial charge in [-0.25, -0.2) is 0 Å². The Labute approximate surface area is 122 Å². The Morgan fingerprint density at radius 3 is 2.70 bits per heavy atom. The summed E-state index contributed by atoms with van der Waals surface area (Å²) < 4.78 is 0. The number of rotatable bonds is 5. The molecule has 0 unspecified atom stereocenters. The van der Waals surface area contributed by atoms with Crippen LogP contribution in [0, 0.1) is 5.41 Å². The van der Waals surface area contributed by atoms with Crippen molar-refractivity contribution in [2.75, 3.05) is 19.6 Å². The smallest absolute Gasteiger partial charge is 0.253 e. The lowest BCUT2D eigenvalue weighted by Gasteiger charge is -2.26. The molecule has 0 aromatic heterocycles. The van der Waals surface area contributed by atoms with Crippen LogP contribution in [0.3, 0.4) is 0 Å². The van der Waals surface area contributed by atoms with Gasteiger partial charge in [0.15, 0.2) is 0 Å². The molecule has 1 aliphatic rings. The van der Waals surface area contributed by atoms with Gasteiger partial charge in [-0.15, -0.1) is 0 Å². The molecular weight excluding hydrogens is 248 g/mol. The number of hydrogen-bond acceptors (Lipinski definition) is 2. The van der Waals surface area contributed by atoms with Gasteiger partial charge in [-0.05, 0) is 55.3 Å². The fourth-order valence-electron chi connectivity index (χ4n) is 3.14. The van der Waals surface area contributed by atoms with E-state index in [0.29, 0.717) is 12.0 Å². The zero-order valence-electron chi connectivity index (χ0n) is 12.7. The van der Waals surface area contributed by atoms with Crippen LogP contribution in [-0.4, -0.2) is 30.4 Å². The lowest BCUT2D eigenvalue weighted by Crippen LogP contribution is -2.31. The van der Waals surface area contributed by atoms with E-state index in [9.17, 15) is 4.79 Å². The lowest BCUT2D eigenvalue weighted by molar-refractivity contribution is 0.0769. The van der Waals surface area contributed by atoms with E-state index in [0.717, 1.165) is 49.9 Å². The molecule has 1 aromatic rings. The third-order valence-electron chi connectivity index (χ3n) is 4.83. The highest BCUT2D eigenvalue weighted by atomic mass is 16.2. The Bertz CT molecular complexity index is 466. The number of amides is 1. The van der Waals surface area contributed by atoms with Crippen molar-refractivity contribution in [1.29, 1.82) is 0 Å². The molecule has 3 heteroatoms. The summed E-state index contributed by atoms with van der Waals surface area (Å²) >= 11 is 0. The Hall–Kier alpha value is -1.35. The maximum atomic E-state index is 12.6. The third kappa shape index (κ3) is 3.04. The molecule has 1 saturated heterocycles. The Balaban J connectivity index is 2.10. The van der Waals surface area contributed by atoms with Crippen molar-refractivity contribution in [3.63, 3.8) is 0 Å². The monoisotopic (exact) mass is 274 g/mol. The average Bonchev–Trinajstić information content (AvgIpc) is 2.92. The van der Waals surface area contributed by atoms with Crippen molar-refractivity contribution in [2.45, 2.75) is 39.5 Å². The van der Waals surface area contributed by atoms with Crippen molar-refractivity contribution in [3.8, 4) is 0 Å². The largest absolute Gasteiger partial charge is 0.338 e. The molecule has 0 bridgehead atoms. The quantitative estimate of drug-likeness (QED) is 0.897. The van der Waals surface area contributed by atoms with Gasteiger partial charge in [-0.2, -0.15) is 0 Å². The first-order valence-corrected chi connectivity index (χ1v) is 7.72. The van der Waals surface area contributed by atoms with E-state index in [1.54, 1.807) is 0 Å². The molecule has 0 saturated carbocycles. The molecule has 110 valence electrons. The van der Waals surface area contributed by atoms with E-state index in [2.05, 4.69) is 13.8 Å². The van der Waals surface area contributed by atoms with Crippen molar-refractivity contribution < 1.29 is 4.79 Å². The molecule has 1 aromatic carbocycles. The second kappa shape index (κ2) is 6.40. The summed E-state index contributed by atoms with van der Waals surface area (Å²) in [7, 11) is 0. The highest BCUT2D eigenvalue weighted by molar-refractivity contribution is 5.94. The Morgan fingerprint density at radius 1 is 1.35 bits per heavy atom. The van der Waals surface area contributed by atoms with Crippen molar-refractivity contribution in [3.05, 3.63) is 35.4 Å². The van der Waals surface area contributed by atoms with Crippen LogP contribution in [0.25, 0.3) is 0 Å². The van der Waals surface area contributed by atoms with Gasteiger partial charge in [-0.3, -0.25) is 4.79 Å². The predicted molar refractivity (Wildman–Crippen MR) is 82.7 cm³/mol. The van der Waals surface area contributed by atoms with Gasteiger partial charge >= 0.3 is 0 Å². The Morgan fingerprint density at radius 2 is 2.10 bits per heavy atom. The van der Waals surface area contributed by atoms with E-state index in [4.69, 9.17) is 5.73 Å². The first kappa shape index (κ1) is 15.0. The molecule has 1 aliphatic heterocycles. The summed E-state index contributed by atoms with van der Waals surface area (Å²) in [6.07, 6.45) is 4.27. The highest BCUT2D eigenvalue weighted by Crippen LogP contribution is 2.37. The summed E-state index contributed by atoms with van der Waals surface area (Å²) in [5, 5.41) is 0. The molecule has 20 heavy (non-hydrogen) atoms. The molecule has 1 heterocycles. The van der Waals surface area contributed by atoms with Gasteiger partial charge in [0, 0.05) is 18.7 Å². The van der Waals surface area contributed by atoms with Crippen molar-refractivity contribution in [1.82, 2.24) is 4.90 Å². The topological polar surface area (TPSA) is 46.3 Å². The first-order chi connectivity index (χ1) is 9.64. The minimum atomic E-state index is 0.174.